The van der Waals surface area contributed by atoms with E-state index in [2.05, 4.69) is 5.16 Å². The summed E-state index contributed by atoms with van der Waals surface area (Å²) in [6.45, 7) is 2.00. The lowest BCUT2D eigenvalue weighted by Gasteiger charge is -2.04. The fraction of sp³-hybridized carbons (Fsp3) is 0.200. The number of rotatable bonds is 3. The lowest BCUT2D eigenvalue weighted by Crippen LogP contribution is -2.05. The second kappa shape index (κ2) is 5.36. The van der Waals surface area contributed by atoms with E-state index in [1.165, 1.54) is 12.3 Å². The van der Waals surface area contributed by atoms with Crippen molar-refractivity contribution in [2.45, 2.75) is 6.92 Å². The van der Waals surface area contributed by atoms with Gasteiger partial charge >= 0.3 is 5.97 Å². The van der Waals surface area contributed by atoms with Crippen LogP contribution < -0.4 is 0 Å². The molecule has 0 fully saturated rings. The minimum atomic E-state index is -0.490. The number of hydrogen-bond donors (Lipinski definition) is 1. The van der Waals surface area contributed by atoms with Crippen LogP contribution in [-0.4, -0.2) is 24.0 Å². The van der Waals surface area contributed by atoms with Crippen LogP contribution in [0.4, 0.5) is 0 Å². The van der Waals surface area contributed by atoms with Crippen LogP contribution in [0.25, 0.3) is 0 Å². The molecule has 1 aromatic carbocycles. The largest absolute Gasteiger partial charge is 0.462 e. The smallest absolute Gasteiger partial charge is 0.339 e. The van der Waals surface area contributed by atoms with E-state index in [0.717, 1.165) is 0 Å². The van der Waals surface area contributed by atoms with E-state index in [1.54, 1.807) is 19.1 Å². The van der Waals surface area contributed by atoms with Crippen LogP contribution in [0, 0.1) is 0 Å². The Hall–Kier alpha value is -1.55. The third-order valence-corrected chi connectivity index (χ3v) is 2.02. The van der Waals surface area contributed by atoms with Crippen LogP contribution in [0.3, 0.4) is 0 Å². The third kappa shape index (κ3) is 2.95. The van der Waals surface area contributed by atoms with Gasteiger partial charge in [-0.2, -0.15) is 0 Å². The highest BCUT2D eigenvalue weighted by Crippen LogP contribution is 2.18. The van der Waals surface area contributed by atoms with Crippen LogP contribution in [0.5, 0.6) is 0 Å². The quantitative estimate of drug-likeness (QED) is 0.373. The molecule has 1 aromatic rings. The molecule has 0 aliphatic carbocycles. The van der Waals surface area contributed by atoms with Gasteiger partial charge in [0.05, 0.1) is 23.4 Å². The molecule has 0 radical (unpaired) electrons. The Morgan fingerprint density at radius 1 is 1.67 bits per heavy atom. The highest BCUT2D eigenvalue weighted by molar-refractivity contribution is 6.33. The first-order valence-electron chi connectivity index (χ1n) is 4.33. The number of carbonyl (C=O) groups is 1. The number of oxime groups is 1. The molecule has 0 heterocycles. The van der Waals surface area contributed by atoms with E-state index in [1.807, 2.05) is 0 Å². The van der Waals surface area contributed by atoms with Gasteiger partial charge in [-0.25, -0.2) is 4.79 Å². The van der Waals surface area contributed by atoms with Crippen molar-refractivity contribution < 1.29 is 14.7 Å². The zero-order valence-electron chi connectivity index (χ0n) is 8.11. The second-order valence-electron chi connectivity index (χ2n) is 2.70. The highest BCUT2D eigenvalue weighted by Gasteiger charge is 2.11. The molecule has 15 heavy (non-hydrogen) atoms. The normalized spacial score (nSPS) is 10.5. The zero-order chi connectivity index (χ0) is 11.3. The fourth-order valence-corrected chi connectivity index (χ4v) is 1.25. The lowest BCUT2D eigenvalue weighted by molar-refractivity contribution is 0.0526. The molecule has 0 aliphatic rings. The van der Waals surface area contributed by atoms with Gasteiger partial charge in [0, 0.05) is 0 Å². The number of nitrogens with zero attached hydrogens (tertiary/aromatic N) is 1. The molecule has 0 atom stereocenters. The highest BCUT2D eigenvalue weighted by atomic mass is 35.5. The van der Waals surface area contributed by atoms with Crippen molar-refractivity contribution in [2.24, 2.45) is 5.16 Å². The molecular weight excluding hydrogens is 218 g/mol. The van der Waals surface area contributed by atoms with Crippen LogP contribution in [0.1, 0.15) is 22.8 Å². The first-order chi connectivity index (χ1) is 7.19. The van der Waals surface area contributed by atoms with E-state index in [4.69, 9.17) is 21.5 Å². The van der Waals surface area contributed by atoms with Crippen molar-refractivity contribution in [3.05, 3.63) is 34.3 Å². The Morgan fingerprint density at radius 3 is 3.00 bits per heavy atom. The SMILES string of the molecule is CCOC(=O)c1cc(/C=N/O)ccc1Cl. The summed E-state index contributed by atoms with van der Waals surface area (Å²) in [4.78, 5) is 11.4. The topological polar surface area (TPSA) is 58.9 Å². The standard InChI is InChI=1S/C10H10ClNO3/c1-2-15-10(13)8-5-7(6-12-14)3-4-9(8)11/h3-6,14H,2H2,1H3/b12-6+. The Morgan fingerprint density at radius 2 is 2.40 bits per heavy atom. The van der Waals surface area contributed by atoms with Gasteiger partial charge in [0.15, 0.2) is 0 Å². The van der Waals surface area contributed by atoms with Gasteiger partial charge in [-0.1, -0.05) is 22.8 Å². The first kappa shape index (κ1) is 11.5. The van der Waals surface area contributed by atoms with E-state index in [-0.39, 0.29) is 12.2 Å². The minimum absolute atomic E-state index is 0.260. The van der Waals surface area contributed by atoms with E-state index < -0.39 is 5.97 Å². The Labute approximate surface area is 92.1 Å². The average Bonchev–Trinajstić information content (AvgIpc) is 2.21. The van der Waals surface area contributed by atoms with Crippen molar-refractivity contribution in [3.63, 3.8) is 0 Å². The molecule has 0 aromatic heterocycles. The number of ether oxygens (including phenoxy) is 1. The maximum absolute atomic E-state index is 11.4. The summed E-state index contributed by atoms with van der Waals surface area (Å²) >= 11 is 5.82. The fourth-order valence-electron chi connectivity index (χ4n) is 1.06. The Bertz CT molecular complexity index is 390. The van der Waals surface area contributed by atoms with Crippen LogP contribution >= 0.6 is 11.6 Å². The number of carbonyl (C=O) groups excluding carboxylic acids is 1. The maximum atomic E-state index is 11.4. The molecule has 80 valence electrons. The van der Waals surface area contributed by atoms with Crippen LogP contribution in [-0.2, 0) is 4.74 Å². The maximum Gasteiger partial charge on any atom is 0.339 e. The van der Waals surface area contributed by atoms with Crippen molar-refractivity contribution in [2.75, 3.05) is 6.61 Å². The molecule has 1 N–H and O–H groups in total. The molecule has 1 rings (SSSR count). The number of hydrogen-bond acceptors (Lipinski definition) is 4. The van der Waals surface area contributed by atoms with Crippen LogP contribution in [0.15, 0.2) is 23.4 Å². The molecule has 0 spiro atoms. The van der Waals surface area contributed by atoms with Gasteiger partial charge in [0.2, 0.25) is 0 Å². The molecule has 0 unspecified atom stereocenters. The van der Waals surface area contributed by atoms with Crippen molar-refractivity contribution >= 4 is 23.8 Å². The molecule has 4 nitrogen and oxygen atoms in total. The van der Waals surface area contributed by atoms with Gasteiger partial charge < -0.3 is 9.94 Å². The van der Waals surface area contributed by atoms with Gasteiger partial charge in [-0.3, -0.25) is 0 Å². The molecule has 5 heteroatoms. The predicted molar refractivity (Wildman–Crippen MR) is 56.8 cm³/mol. The number of esters is 1. The van der Waals surface area contributed by atoms with Gasteiger partial charge in [-0.05, 0) is 24.6 Å². The van der Waals surface area contributed by atoms with Gasteiger partial charge in [0.1, 0.15) is 0 Å². The molecule has 0 aliphatic heterocycles. The summed E-state index contributed by atoms with van der Waals surface area (Å²) in [5, 5.41) is 11.5. The van der Waals surface area contributed by atoms with Gasteiger partial charge in [-0.15, -0.1) is 0 Å². The van der Waals surface area contributed by atoms with E-state index in [0.29, 0.717) is 10.6 Å². The summed E-state index contributed by atoms with van der Waals surface area (Å²) in [5.41, 5.74) is 0.834. The Balaban J connectivity index is 3.04. The predicted octanol–water partition coefficient (Wildman–Crippen LogP) is 2.32. The minimum Gasteiger partial charge on any atom is -0.462 e. The van der Waals surface area contributed by atoms with Crippen molar-refractivity contribution in [3.8, 4) is 0 Å². The summed E-state index contributed by atoms with van der Waals surface area (Å²) < 4.78 is 4.81. The lowest BCUT2D eigenvalue weighted by atomic mass is 10.1. The zero-order valence-corrected chi connectivity index (χ0v) is 8.86. The molecule has 0 saturated carbocycles. The van der Waals surface area contributed by atoms with E-state index in [9.17, 15) is 4.79 Å². The van der Waals surface area contributed by atoms with Crippen molar-refractivity contribution in [1.82, 2.24) is 0 Å². The summed E-state index contributed by atoms with van der Waals surface area (Å²) in [6.07, 6.45) is 1.21. The monoisotopic (exact) mass is 227 g/mol. The first-order valence-corrected chi connectivity index (χ1v) is 4.71. The molecular formula is C10H10ClNO3. The molecule has 0 saturated heterocycles. The summed E-state index contributed by atoms with van der Waals surface area (Å²) in [7, 11) is 0. The van der Waals surface area contributed by atoms with Gasteiger partial charge in [0.25, 0.3) is 0 Å². The molecule has 0 amide bonds. The Kier molecular flexibility index (Phi) is 4.12. The summed E-state index contributed by atoms with van der Waals surface area (Å²) in [5.74, 6) is -0.490. The van der Waals surface area contributed by atoms with Crippen molar-refractivity contribution in [1.29, 1.82) is 0 Å². The average molecular weight is 228 g/mol. The third-order valence-electron chi connectivity index (χ3n) is 1.69. The summed E-state index contributed by atoms with van der Waals surface area (Å²) in [6, 6.07) is 4.68. The molecule has 0 bridgehead atoms. The number of benzene rings is 1. The van der Waals surface area contributed by atoms with E-state index >= 15 is 0 Å². The number of halogens is 1. The second-order valence-corrected chi connectivity index (χ2v) is 3.11. The van der Waals surface area contributed by atoms with Crippen LogP contribution in [0.2, 0.25) is 5.02 Å².